The Hall–Kier alpha value is -2.38. The summed E-state index contributed by atoms with van der Waals surface area (Å²) in [7, 11) is 0. The first-order valence-electron chi connectivity index (χ1n) is 10.5. The highest BCUT2D eigenvalue weighted by Gasteiger charge is 2.31. The van der Waals surface area contributed by atoms with Gasteiger partial charge in [0, 0.05) is 30.7 Å². The van der Waals surface area contributed by atoms with Crippen LogP contribution < -0.4 is 10.9 Å². The Labute approximate surface area is 186 Å². The molecule has 31 heavy (non-hydrogen) atoms. The SMILES string of the molecule is CC(C)(C)c1ccc(CC(=O)[C@H](NC(=O)Cc2cc(=O)[nH]o2)C2CCOCC2)cc1Cl. The Bertz CT molecular complexity index is 982. The fourth-order valence-corrected chi connectivity index (χ4v) is 4.38. The van der Waals surface area contributed by atoms with Crippen molar-refractivity contribution in [3.63, 3.8) is 0 Å². The maximum Gasteiger partial charge on any atom is 0.280 e. The molecule has 1 aromatic heterocycles. The largest absolute Gasteiger partial charge is 0.383 e. The third-order valence-electron chi connectivity index (χ3n) is 5.53. The lowest BCUT2D eigenvalue weighted by molar-refractivity contribution is -0.129. The van der Waals surface area contributed by atoms with Crippen molar-refractivity contribution in [1.82, 2.24) is 10.5 Å². The number of benzene rings is 1. The van der Waals surface area contributed by atoms with E-state index in [2.05, 4.69) is 31.2 Å². The maximum atomic E-state index is 13.2. The van der Waals surface area contributed by atoms with Gasteiger partial charge in [-0.2, -0.15) is 5.16 Å². The number of carbonyl (C=O) groups is 2. The molecule has 1 aromatic carbocycles. The van der Waals surface area contributed by atoms with Crippen molar-refractivity contribution in [2.45, 2.75) is 57.9 Å². The second-order valence-corrected chi connectivity index (χ2v) is 9.47. The number of Topliss-reactive ketones (excluding diaryl/α,β-unsaturated/α-hetero) is 1. The summed E-state index contributed by atoms with van der Waals surface area (Å²) in [6, 6.07) is 6.30. The molecule has 1 amide bonds. The van der Waals surface area contributed by atoms with Crippen LogP contribution in [0.15, 0.2) is 33.6 Å². The molecule has 8 heteroatoms. The summed E-state index contributed by atoms with van der Waals surface area (Å²) < 4.78 is 10.4. The van der Waals surface area contributed by atoms with Gasteiger partial charge < -0.3 is 14.6 Å². The normalized spacial score (nSPS) is 16.1. The zero-order valence-corrected chi connectivity index (χ0v) is 18.9. The molecule has 1 fully saturated rings. The number of ketones is 1. The molecule has 2 N–H and O–H groups in total. The van der Waals surface area contributed by atoms with Crippen LogP contribution in [0, 0.1) is 5.92 Å². The molecular formula is C23H29ClN2O5. The van der Waals surface area contributed by atoms with Crippen molar-refractivity contribution in [2.75, 3.05) is 13.2 Å². The number of rotatable bonds is 7. The number of aromatic amines is 1. The molecule has 0 unspecified atom stereocenters. The first kappa shape index (κ1) is 23.3. The average molecular weight is 449 g/mol. The van der Waals surface area contributed by atoms with Gasteiger partial charge in [-0.1, -0.05) is 44.5 Å². The second-order valence-electron chi connectivity index (χ2n) is 9.06. The number of carbonyl (C=O) groups excluding carboxylic acids is 2. The molecule has 1 aliphatic heterocycles. The lowest BCUT2D eigenvalue weighted by Gasteiger charge is -2.30. The van der Waals surface area contributed by atoms with Crippen molar-refractivity contribution in [1.29, 1.82) is 0 Å². The van der Waals surface area contributed by atoms with Crippen LogP contribution >= 0.6 is 11.6 Å². The molecule has 1 atom stereocenters. The van der Waals surface area contributed by atoms with Gasteiger partial charge in [0.2, 0.25) is 5.91 Å². The van der Waals surface area contributed by atoms with Gasteiger partial charge in [-0.05, 0) is 41.4 Å². The first-order chi connectivity index (χ1) is 14.6. The number of ether oxygens (including phenoxy) is 1. The molecule has 1 saturated heterocycles. The molecule has 3 rings (SSSR count). The van der Waals surface area contributed by atoms with Crippen LogP contribution in [0.25, 0.3) is 0 Å². The van der Waals surface area contributed by atoms with Crippen LogP contribution in [0.4, 0.5) is 0 Å². The summed E-state index contributed by atoms with van der Waals surface area (Å²) in [5.41, 5.74) is 1.33. The van der Waals surface area contributed by atoms with E-state index in [0.717, 1.165) is 11.1 Å². The standard InChI is InChI=1S/C23H29ClN2O5/c1-23(2,3)17-5-4-14(10-18(17)24)11-19(27)22(15-6-8-30-9-7-15)25-20(28)12-16-13-21(29)26-31-16/h4-5,10,13,15,22H,6-9,11-12H2,1-3H3,(H,25,28)(H,26,29)/t22-/m1/s1. The highest BCUT2D eigenvalue weighted by atomic mass is 35.5. The second kappa shape index (κ2) is 9.83. The zero-order chi connectivity index (χ0) is 22.6. The highest BCUT2D eigenvalue weighted by Crippen LogP contribution is 2.30. The van der Waals surface area contributed by atoms with E-state index >= 15 is 0 Å². The van der Waals surface area contributed by atoms with E-state index in [4.69, 9.17) is 20.9 Å². The minimum atomic E-state index is -0.636. The molecule has 0 spiro atoms. The Morgan fingerprint density at radius 2 is 1.90 bits per heavy atom. The zero-order valence-electron chi connectivity index (χ0n) is 18.1. The molecule has 0 saturated carbocycles. The third-order valence-corrected chi connectivity index (χ3v) is 5.84. The van der Waals surface area contributed by atoms with Crippen molar-refractivity contribution in [2.24, 2.45) is 5.92 Å². The number of halogens is 1. The molecule has 168 valence electrons. The molecule has 0 aliphatic carbocycles. The van der Waals surface area contributed by atoms with Gasteiger partial charge in [-0.15, -0.1) is 0 Å². The first-order valence-corrected chi connectivity index (χ1v) is 10.9. The summed E-state index contributed by atoms with van der Waals surface area (Å²) in [5.74, 6) is -0.220. The summed E-state index contributed by atoms with van der Waals surface area (Å²) >= 11 is 6.47. The number of H-pyrrole nitrogens is 1. The van der Waals surface area contributed by atoms with Gasteiger partial charge in [-0.25, -0.2) is 0 Å². The van der Waals surface area contributed by atoms with Crippen LogP contribution in [-0.2, 0) is 32.6 Å². The van der Waals surface area contributed by atoms with Crippen LogP contribution in [0.2, 0.25) is 5.02 Å². The van der Waals surface area contributed by atoms with Crippen LogP contribution in [-0.4, -0.2) is 36.1 Å². The van der Waals surface area contributed by atoms with Gasteiger partial charge in [0.15, 0.2) is 5.78 Å². The van der Waals surface area contributed by atoms with Gasteiger partial charge in [-0.3, -0.25) is 14.4 Å². The van der Waals surface area contributed by atoms with Crippen molar-refractivity contribution in [3.05, 3.63) is 56.5 Å². The Morgan fingerprint density at radius 1 is 1.19 bits per heavy atom. The number of amides is 1. The van der Waals surface area contributed by atoms with E-state index in [-0.39, 0.29) is 41.6 Å². The smallest absolute Gasteiger partial charge is 0.280 e. The molecule has 2 aromatic rings. The maximum absolute atomic E-state index is 13.2. The summed E-state index contributed by atoms with van der Waals surface area (Å²) in [4.78, 5) is 37.0. The molecule has 0 radical (unpaired) electrons. The lowest BCUT2D eigenvalue weighted by Crippen LogP contribution is -2.48. The van der Waals surface area contributed by atoms with Crippen molar-refractivity contribution >= 4 is 23.3 Å². The monoisotopic (exact) mass is 448 g/mol. The summed E-state index contributed by atoms with van der Waals surface area (Å²) in [6.45, 7) is 7.37. The summed E-state index contributed by atoms with van der Waals surface area (Å²) in [6.07, 6.45) is 1.45. The Morgan fingerprint density at radius 3 is 2.48 bits per heavy atom. The fraction of sp³-hybridized carbons (Fsp3) is 0.522. The van der Waals surface area contributed by atoms with Crippen molar-refractivity contribution in [3.8, 4) is 0 Å². The predicted octanol–water partition coefficient (Wildman–Crippen LogP) is 3.18. The van der Waals surface area contributed by atoms with Gasteiger partial charge >= 0.3 is 0 Å². The van der Waals surface area contributed by atoms with E-state index < -0.39 is 11.6 Å². The Balaban J connectivity index is 1.73. The number of hydrogen-bond acceptors (Lipinski definition) is 5. The van der Waals surface area contributed by atoms with Crippen LogP contribution in [0.3, 0.4) is 0 Å². The molecule has 7 nitrogen and oxygen atoms in total. The van der Waals surface area contributed by atoms with Crippen LogP contribution in [0.1, 0.15) is 50.5 Å². The van der Waals surface area contributed by atoms with E-state index in [1.807, 2.05) is 18.2 Å². The lowest BCUT2D eigenvalue weighted by atomic mass is 9.84. The third kappa shape index (κ3) is 6.31. The van der Waals surface area contributed by atoms with E-state index in [1.54, 1.807) is 0 Å². The van der Waals surface area contributed by atoms with Gasteiger partial charge in [0.1, 0.15) is 5.76 Å². The van der Waals surface area contributed by atoms with E-state index in [1.165, 1.54) is 6.07 Å². The minimum Gasteiger partial charge on any atom is -0.383 e. The fourth-order valence-electron chi connectivity index (χ4n) is 3.89. The predicted molar refractivity (Wildman–Crippen MR) is 117 cm³/mol. The number of aromatic nitrogens is 1. The molecular weight excluding hydrogens is 420 g/mol. The molecule has 0 bridgehead atoms. The van der Waals surface area contributed by atoms with E-state index in [0.29, 0.717) is 31.1 Å². The van der Waals surface area contributed by atoms with Crippen LogP contribution in [0.5, 0.6) is 0 Å². The van der Waals surface area contributed by atoms with Gasteiger partial charge in [0.25, 0.3) is 5.56 Å². The average Bonchev–Trinajstić information content (AvgIpc) is 3.10. The minimum absolute atomic E-state index is 0.00671. The van der Waals surface area contributed by atoms with Crippen molar-refractivity contribution < 1.29 is 18.8 Å². The Kier molecular flexibility index (Phi) is 7.38. The number of nitrogens with one attached hydrogen (secondary N) is 2. The molecule has 2 heterocycles. The van der Waals surface area contributed by atoms with E-state index in [9.17, 15) is 14.4 Å². The summed E-state index contributed by atoms with van der Waals surface area (Å²) in [5, 5.41) is 5.65. The highest BCUT2D eigenvalue weighted by molar-refractivity contribution is 6.31. The quantitative estimate of drug-likeness (QED) is 0.677. The number of hydrogen-bond donors (Lipinski definition) is 2. The van der Waals surface area contributed by atoms with Gasteiger partial charge in [0.05, 0.1) is 12.5 Å². The topological polar surface area (TPSA) is 101 Å². The molecule has 1 aliphatic rings.